The zero-order valence-electron chi connectivity index (χ0n) is 17.7. The normalized spacial score (nSPS) is 23.6. The average Bonchev–Trinajstić information content (AvgIpc) is 2.71. The number of phenols is 1. The maximum absolute atomic E-state index is 13.5. The van der Waals surface area contributed by atoms with Crippen LogP contribution >= 0.6 is 0 Å². The molecule has 2 aliphatic rings. The van der Waals surface area contributed by atoms with E-state index in [9.17, 15) is 19.5 Å². The molecule has 30 heavy (non-hydrogen) atoms. The van der Waals surface area contributed by atoms with E-state index < -0.39 is 23.8 Å². The highest BCUT2D eigenvalue weighted by Gasteiger charge is 2.47. The predicted molar refractivity (Wildman–Crippen MR) is 109 cm³/mol. The molecule has 0 unspecified atom stereocenters. The Labute approximate surface area is 175 Å². The Hall–Kier alpha value is -3.09. The first-order valence-corrected chi connectivity index (χ1v) is 10.1. The third kappa shape index (κ3) is 3.84. The quantitative estimate of drug-likeness (QED) is 0.565. The van der Waals surface area contributed by atoms with Gasteiger partial charge in [0.2, 0.25) is 0 Å². The molecule has 1 aromatic rings. The molecule has 0 bridgehead atoms. The number of benzene rings is 1. The van der Waals surface area contributed by atoms with Crippen LogP contribution in [0.1, 0.15) is 45.1 Å². The second-order valence-electron chi connectivity index (χ2n) is 7.76. The first-order chi connectivity index (χ1) is 14.3. The van der Waals surface area contributed by atoms with Gasteiger partial charge in [-0.25, -0.2) is 4.79 Å². The SMILES string of the molecule is CCCOC(=O)C1=C(C)NC2=C(C(=O)[C@@H](C(=O)OC)[C@H](C)C2)[C@H]1c1ccc(O)cc1. The van der Waals surface area contributed by atoms with Crippen LogP contribution in [0, 0.1) is 11.8 Å². The number of Topliss-reactive ketones (excluding diaryl/α,β-unsaturated/α-hetero) is 1. The van der Waals surface area contributed by atoms with Crippen LogP contribution in [0.4, 0.5) is 0 Å². The van der Waals surface area contributed by atoms with Gasteiger partial charge in [-0.05, 0) is 43.4 Å². The number of rotatable bonds is 5. The Morgan fingerprint density at radius 2 is 1.90 bits per heavy atom. The summed E-state index contributed by atoms with van der Waals surface area (Å²) in [5.41, 5.74) is 2.69. The second-order valence-corrected chi connectivity index (χ2v) is 7.76. The summed E-state index contributed by atoms with van der Waals surface area (Å²) >= 11 is 0. The van der Waals surface area contributed by atoms with Crippen molar-refractivity contribution in [1.29, 1.82) is 0 Å². The molecule has 7 nitrogen and oxygen atoms in total. The Morgan fingerprint density at radius 3 is 2.50 bits per heavy atom. The van der Waals surface area contributed by atoms with Crippen LogP contribution < -0.4 is 5.32 Å². The van der Waals surface area contributed by atoms with Gasteiger partial charge in [-0.1, -0.05) is 26.0 Å². The molecule has 7 heteroatoms. The monoisotopic (exact) mass is 413 g/mol. The van der Waals surface area contributed by atoms with Gasteiger partial charge >= 0.3 is 11.9 Å². The van der Waals surface area contributed by atoms with Crippen molar-refractivity contribution in [2.24, 2.45) is 11.8 Å². The number of esters is 2. The number of phenolic OH excluding ortho intramolecular Hbond substituents is 1. The minimum absolute atomic E-state index is 0.0775. The van der Waals surface area contributed by atoms with Gasteiger partial charge < -0.3 is 19.9 Å². The maximum atomic E-state index is 13.5. The highest BCUT2D eigenvalue weighted by molar-refractivity contribution is 6.12. The Morgan fingerprint density at radius 1 is 1.23 bits per heavy atom. The van der Waals surface area contributed by atoms with E-state index in [-0.39, 0.29) is 24.1 Å². The summed E-state index contributed by atoms with van der Waals surface area (Å²) in [6, 6.07) is 6.37. The van der Waals surface area contributed by atoms with Gasteiger partial charge in [0.05, 0.1) is 19.3 Å². The van der Waals surface area contributed by atoms with E-state index in [1.807, 2.05) is 13.8 Å². The molecule has 1 heterocycles. The van der Waals surface area contributed by atoms with Crippen LogP contribution in [-0.4, -0.2) is 36.5 Å². The summed E-state index contributed by atoms with van der Waals surface area (Å²) in [4.78, 5) is 38.8. The molecule has 3 atom stereocenters. The minimum atomic E-state index is -0.929. The average molecular weight is 413 g/mol. The molecule has 0 aromatic heterocycles. The molecule has 0 fully saturated rings. The van der Waals surface area contributed by atoms with Crippen LogP contribution in [0.3, 0.4) is 0 Å². The molecule has 0 saturated carbocycles. The van der Waals surface area contributed by atoms with Crippen molar-refractivity contribution in [1.82, 2.24) is 5.32 Å². The van der Waals surface area contributed by atoms with Gasteiger partial charge in [0.15, 0.2) is 5.78 Å². The number of carbonyl (C=O) groups excluding carboxylic acids is 3. The van der Waals surface area contributed by atoms with Crippen LogP contribution in [0.25, 0.3) is 0 Å². The number of carbonyl (C=O) groups is 3. The third-order valence-electron chi connectivity index (χ3n) is 5.63. The number of allylic oxidation sites excluding steroid dienone is 3. The lowest BCUT2D eigenvalue weighted by atomic mass is 9.69. The van der Waals surface area contributed by atoms with Gasteiger partial charge in [-0.3, -0.25) is 9.59 Å². The van der Waals surface area contributed by atoms with Crippen molar-refractivity contribution in [3.63, 3.8) is 0 Å². The number of methoxy groups -OCH3 is 1. The topological polar surface area (TPSA) is 102 Å². The van der Waals surface area contributed by atoms with E-state index in [1.165, 1.54) is 19.2 Å². The Balaban J connectivity index is 2.15. The van der Waals surface area contributed by atoms with E-state index in [4.69, 9.17) is 9.47 Å². The van der Waals surface area contributed by atoms with Crippen molar-refractivity contribution in [2.75, 3.05) is 13.7 Å². The van der Waals surface area contributed by atoms with Crippen molar-refractivity contribution in [3.8, 4) is 5.75 Å². The molecular weight excluding hydrogens is 386 g/mol. The smallest absolute Gasteiger partial charge is 0.336 e. The highest BCUT2D eigenvalue weighted by atomic mass is 16.5. The number of hydrogen-bond donors (Lipinski definition) is 2. The lowest BCUT2D eigenvalue weighted by Gasteiger charge is -2.38. The first-order valence-electron chi connectivity index (χ1n) is 10.1. The van der Waals surface area contributed by atoms with Crippen molar-refractivity contribution >= 4 is 17.7 Å². The fourth-order valence-corrected chi connectivity index (χ4v) is 4.22. The molecule has 1 aliphatic carbocycles. The number of dihydropyridines is 1. The second kappa shape index (κ2) is 8.73. The molecule has 0 radical (unpaired) electrons. The zero-order valence-corrected chi connectivity index (χ0v) is 17.7. The largest absolute Gasteiger partial charge is 0.508 e. The summed E-state index contributed by atoms with van der Waals surface area (Å²) in [7, 11) is 1.26. The van der Waals surface area contributed by atoms with Crippen molar-refractivity contribution < 1.29 is 29.0 Å². The van der Waals surface area contributed by atoms with Crippen LogP contribution in [-0.2, 0) is 23.9 Å². The minimum Gasteiger partial charge on any atom is -0.508 e. The van der Waals surface area contributed by atoms with Crippen molar-refractivity contribution in [3.05, 3.63) is 52.4 Å². The molecule has 1 aliphatic heterocycles. The van der Waals surface area contributed by atoms with Crippen molar-refractivity contribution in [2.45, 2.75) is 39.5 Å². The molecular formula is C23H27NO6. The fourth-order valence-electron chi connectivity index (χ4n) is 4.22. The summed E-state index contributed by atoms with van der Waals surface area (Å²) in [5, 5.41) is 12.9. The number of hydrogen-bond acceptors (Lipinski definition) is 7. The van der Waals surface area contributed by atoms with E-state index in [1.54, 1.807) is 19.1 Å². The standard InChI is InChI=1S/C23H27NO6/c1-5-10-30-23(28)18-13(3)24-16-11-12(2)17(22(27)29-4)21(26)20(16)19(18)14-6-8-15(25)9-7-14/h6-9,12,17,19,24-25H,5,10-11H2,1-4H3/t12-,17+,19+/m1/s1. The van der Waals surface area contributed by atoms with Crippen LogP contribution in [0.5, 0.6) is 5.75 Å². The van der Waals surface area contributed by atoms with E-state index in [0.717, 1.165) is 0 Å². The predicted octanol–water partition coefficient (Wildman–Crippen LogP) is 2.96. The Kier molecular flexibility index (Phi) is 6.29. The first kappa shape index (κ1) is 21.6. The summed E-state index contributed by atoms with van der Waals surface area (Å²) in [6.45, 7) is 5.78. The van der Waals surface area contributed by atoms with E-state index in [0.29, 0.717) is 40.9 Å². The number of nitrogens with one attached hydrogen (secondary N) is 1. The summed E-state index contributed by atoms with van der Waals surface area (Å²) in [5.74, 6) is -3.22. The van der Waals surface area contributed by atoms with Crippen LogP contribution in [0.2, 0.25) is 0 Å². The van der Waals surface area contributed by atoms with Gasteiger partial charge in [-0.15, -0.1) is 0 Å². The molecule has 0 saturated heterocycles. The van der Waals surface area contributed by atoms with Gasteiger partial charge in [0.25, 0.3) is 0 Å². The van der Waals surface area contributed by atoms with E-state index in [2.05, 4.69) is 5.32 Å². The van der Waals surface area contributed by atoms with Gasteiger partial charge in [0, 0.05) is 22.9 Å². The lowest BCUT2D eigenvalue weighted by molar-refractivity contribution is -0.151. The van der Waals surface area contributed by atoms with Gasteiger partial charge in [0.1, 0.15) is 11.7 Å². The molecule has 0 amide bonds. The molecule has 2 N–H and O–H groups in total. The number of aromatic hydroxyl groups is 1. The summed E-state index contributed by atoms with van der Waals surface area (Å²) < 4.78 is 10.3. The van der Waals surface area contributed by atoms with Crippen LogP contribution in [0.15, 0.2) is 46.8 Å². The highest BCUT2D eigenvalue weighted by Crippen LogP contribution is 2.45. The molecule has 3 rings (SSSR count). The fraction of sp³-hybridized carbons (Fsp3) is 0.435. The molecule has 0 spiro atoms. The number of ketones is 1. The number of ether oxygens (including phenoxy) is 2. The molecule has 160 valence electrons. The maximum Gasteiger partial charge on any atom is 0.336 e. The van der Waals surface area contributed by atoms with Gasteiger partial charge in [-0.2, -0.15) is 0 Å². The van der Waals surface area contributed by atoms with E-state index >= 15 is 0 Å². The third-order valence-corrected chi connectivity index (χ3v) is 5.63. The Bertz CT molecular complexity index is 928. The summed E-state index contributed by atoms with van der Waals surface area (Å²) in [6.07, 6.45) is 1.15. The lowest BCUT2D eigenvalue weighted by Crippen LogP contribution is -2.43. The zero-order chi connectivity index (χ0) is 22.0. The molecule has 1 aromatic carbocycles.